The third-order valence-corrected chi connectivity index (χ3v) is 4.87. The van der Waals surface area contributed by atoms with Crippen molar-refractivity contribution in [1.82, 2.24) is 10.2 Å². The normalized spacial score (nSPS) is 22.1. The second-order valence-electron chi connectivity index (χ2n) is 7.29. The zero-order valence-corrected chi connectivity index (χ0v) is 13.8. The minimum absolute atomic E-state index is 0.163. The molecule has 116 valence electrons. The van der Waals surface area contributed by atoms with E-state index in [0.29, 0.717) is 0 Å². The van der Waals surface area contributed by atoms with Gasteiger partial charge in [-0.25, -0.2) is 0 Å². The van der Waals surface area contributed by atoms with Crippen molar-refractivity contribution in [2.24, 2.45) is 0 Å². The number of fused-ring (bicyclic) bond motifs is 1. The molecule has 0 amide bonds. The predicted octanol–water partition coefficient (Wildman–Crippen LogP) is 2.78. The number of anilines is 1. The maximum absolute atomic E-state index is 3.71. The van der Waals surface area contributed by atoms with Crippen LogP contribution in [0.5, 0.6) is 0 Å². The van der Waals surface area contributed by atoms with Gasteiger partial charge >= 0.3 is 0 Å². The highest BCUT2D eigenvalue weighted by molar-refractivity contribution is 5.60. The highest BCUT2D eigenvalue weighted by Crippen LogP contribution is 2.29. The molecule has 2 aliphatic heterocycles. The van der Waals surface area contributed by atoms with Crippen molar-refractivity contribution in [2.75, 3.05) is 37.6 Å². The molecule has 3 nitrogen and oxygen atoms in total. The number of hydrogen-bond acceptors (Lipinski definition) is 3. The molecule has 0 radical (unpaired) electrons. The van der Waals surface area contributed by atoms with Crippen LogP contribution in [0.1, 0.15) is 37.8 Å². The Morgan fingerprint density at radius 2 is 1.90 bits per heavy atom. The molecule has 0 atom stereocenters. The lowest BCUT2D eigenvalue weighted by molar-refractivity contribution is 0.335. The first-order valence-corrected chi connectivity index (χ1v) is 8.36. The van der Waals surface area contributed by atoms with Crippen LogP contribution in [0.4, 0.5) is 5.69 Å². The highest BCUT2D eigenvalue weighted by atomic mass is 15.2. The van der Waals surface area contributed by atoms with Crippen LogP contribution in [0.25, 0.3) is 0 Å². The lowest BCUT2D eigenvalue weighted by Gasteiger charge is -2.34. The van der Waals surface area contributed by atoms with E-state index in [1.54, 1.807) is 0 Å². The molecular formula is C18H29N3. The Kier molecular flexibility index (Phi) is 4.23. The molecule has 1 N–H and O–H groups in total. The molecule has 0 unspecified atom stereocenters. The number of rotatable bonds is 3. The average molecular weight is 287 g/mol. The van der Waals surface area contributed by atoms with Crippen LogP contribution >= 0.6 is 0 Å². The summed E-state index contributed by atoms with van der Waals surface area (Å²) in [6.07, 6.45) is 2.76. The minimum Gasteiger partial charge on any atom is -0.368 e. The van der Waals surface area contributed by atoms with Crippen LogP contribution in [-0.2, 0) is 6.54 Å². The lowest BCUT2D eigenvalue weighted by Crippen LogP contribution is -2.48. The van der Waals surface area contributed by atoms with Crippen LogP contribution in [0.15, 0.2) is 18.2 Å². The summed E-state index contributed by atoms with van der Waals surface area (Å²) in [6, 6.07) is 6.71. The van der Waals surface area contributed by atoms with E-state index < -0.39 is 0 Å². The van der Waals surface area contributed by atoms with Crippen LogP contribution in [0.2, 0.25) is 0 Å². The second kappa shape index (κ2) is 5.98. The minimum atomic E-state index is 0.163. The SMILES string of the molecule is Cc1cccc2c1N(CCN1CCCC1)CC(C)(C)NC2. The molecule has 0 aromatic heterocycles. The largest absolute Gasteiger partial charge is 0.368 e. The maximum atomic E-state index is 3.71. The standard InChI is InChI=1S/C18H29N3/c1-15-7-6-8-16-13-19-18(2,3)14-21(17(15)16)12-11-20-9-4-5-10-20/h6-8,19H,4-5,9-14H2,1-3H3. The van der Waals surface area contributed by atoms with E-state index in [9.17, 15) is 0 Å². The molecule has 0 saturated carbocycles. The number of nitrogens with one attached hydrogen (secondary N) is 1. The Bertz CT molecular complexity index is 489. The summed E-state index contributed by atoms with van der Waals surface area (Å²) in [5, 5.41) is 3.71. The first-order chi connectivity index (χ1) is 10.1. The van der Waals surface area contributed by atoms with Crippen molar-refractivity contribution < 1.29 is 0 Å². The molecule has 0 aliphatic carbocycles. The summed E-state index contributed by atoms with van der Waals surface area (Å²) in [5.74, 6) is 0. The van der Waals surface area contributed by atoms with E-state index in [1.807, 2.05) is 0 Å². The van der Waals surface area contributed by atoms with Gasteiger partial charge in [-0.15, -0.1) is 0 Å². The van der Waals surface area contributed by atoms with E-state index in [-0.39, 0.29) is 5.54 Å². The van der Waals surface area contributed by atoms with Gasteiger partial charge in [0.25, 0.3) is 0 Å². The molecule has 2 aliphatic rings. The molecule has 0 bridgehead atoms. The predicted molar refractivity (Wildman–Crippen MR) is 90.0 cm³/mol. The Morgan fingerprint density at radius 3 is 2.67 bits per heavy atom. The van der Waals surface area contributed by atoms with Crippen LogP contribution in [-0.4, -0.2) is 43.2 Å². The first kappa shape index (κ1) is 14.9. The number of benzene rings is 1. The zero-order chi connectivity index (χ0) is 14.9. The van der Waals surface area contributed by atoms with Crippen molar-refractivity contribution >= 4 is 5.69 Å². The van der Waals surface area contributed by atoms with Gasteiger partial charge in [-0.2, -0.15) is 0 Å². The third-order valence-electron chi connectivity index (χ3n) is 4.87. The van der Waals surface area contributed by atoms with E-state index in [1.165, 1.54) is 49.3 Å². The van der Waals surface area contributed by atoms with Gasteiger partial charge in [-0.1, -0.05) is 18.2 Å². The molecule has 2 heterocycles. The van der Waals surface area contributed by atoms with Crippen molar-refractivity contribution in [3.05, 3.63) is 29.3 Å². The topological polar surface area (TPSA) is 18.5 Å². The van der Waals surface area contributed by atoms with Crippen molar-refractivity contribution in [1.29, 1.82) is 0 Å². The Morgan fingerprint density at radius 1 is 1.14 bits per heavy atom. The van der Waals surface area contributed by atoms with Crippen molar-refractivity contribution in [3.8, 4) is 0 Å². The fourth-order valence-electron chi connectivity index (χ4n) is 3.72. The van der Waals surface area contributed by atoms with Gasteiger partial charge in [0.2, 0.25) is 0 Å². The molecule has 1 saturated heterocycles. The second-order valence-corrected chi connectivity index (χ2v) is 7.29. The molecular weight excluding hydrogens is 258 g/mol. The van der Waals surface area contributed by atoms with Gasteiger partial charge in [0.05, 0.1) is 0 Å². The molecule has 1 fully saturated rings. The summed E-state index contributed by atoms with van der Waals surface area (Å²) in [5.41, 5.74) is 4.49. The first-order valence-electron chi connectivity index (χ1n) is 8.36. The smallest absolute Gasteiger partial charge is 0.0442 e. The summed E-state index contributed by atoms with van der Waals surface area (Å²) in [7, 11) is 0. The van der Waals surface area contributed by atoms with Gasteiger partial charge in [0.15, 0.2) is 0 Å². The summed E-state index contributed by atoms with van der Waals surface area (Å²) in [4.78, 5) is 5.23. The Labute approximate surface area is 129 Å². The number of aryl methyl sites for hydroxylation is 1. The van der Waals surface area contributed by atoms with E-state index in [0.717, 1.165) is 19.6 Å². The van der Waals surface area contributed by atoms with Crippen molar-refractivity contribution in [3.63, 3.8) is 0 Å². The Balaban J connectivity index is 1.81. The number of nitrogens with zero attached hydrogens (tertiary/aromatic N) is 2. The Hall–Kier alpha value is -1.06. The molecule has 1 aromatic carbocycles. The van der Waals surface area contributed by atoms with Gasteiger partial charge < -0.3 is 15.1 Å². The quantitative estimate of drug-likeness (QED) is 0.922. The molecule has 3 heteroatoms. The van der Waals surface area contributed by atoms with Crippen LogP contribution < -0.4 is 10.2 Å². The molecule has 3 rings (SSSR count). The van der Waals surface area contributed by atoms with Gasteiger partial charge in [-0.05, 0) is 57.8 Å². The van der Waals surface area contributed by atoms with Crippen molar-refractivity contribution in [2.45, 2.75) is 45.7 Å². The number of para-hydroxylation sites is 1. The molecule has 0 spiro atoms. The average Bonchev–Trinajstić information content (AvgIpc) is 2.90. The van der Waals surface area contributed by atoms with Gasteiger partial charge in [0.1, 0.15) is 0 Å². The van der Waals surface area contributed by atoms with E-state index >= 15 is 0 Å². The number of likely N-dealkylation sites (tertiary alicyclic amines) is 1. The van der Waals surface area contributed by atoms with Gasteiger partial charge in [-0.3, -0.25) is 0 Å². The number of hydrogen-bond donors (Lipinski definition) is 1. The molecule has 21 heavy (non-hydrogen) atoms. The summed E-state index contributed by atoms with van der Waals surface area (Å²) >= 11 is 0. The monoisotopic (exact) mass is 287 g/mol. The molecule has 1 aromatic rings. The zero-order valence-electron chi connectivity index (χ0n) is 13.8. The van der Waals surface area contributed by atoms with Crippen LogP contribution in [0, 0.1) is 6.92 Å². The summed E-state index contributed by atoms with van der Waals surface area (Å²) < 4.78 is 0. The maximum Gasteiger partial charge on any atom is 0.0442 e. The fourth-order valence-corrected chi connectivity index (χ4v) is 3.72. The van der Waals surface area contributed by atoms with Crippen LogP contribution in [0.3, 0.4) is 0 Å². The van der Waals surface area contributed by atoms with E-state index in [4.69, 9.17) is 0 Å². The van der Waals surface area contributed by atoms with Gasteiger partial charge in [0, 0.05) is 37.4 Å². The van der Waals surface area contributed by atoms with E-state index in [2.05, 4.69) is 54.1 Å². The lowest BCUT2D eigenvalue weighted by atomic mass is 10.1. The highest BCUT2D eigenvalue weighted by Gasteiger charge is 2.28. The summed E-state index contributed by atoms with van der Waals surface area (Å²) in [6.45, 7) is 13.9. The third kappa shape index (κ3) is 3.41. The fraction of sp³-hybridized carbons (Fsp3) is 0.667.